The standard InChI is InChI=1S/C27H24N2O4S/c1-18-8-11-22(14-19(18)2)28-25(30)17-33-23-12-9-20(10-13-23)15-24-26(31)29(27(32)34-24)16-21-6-4-3-5-7-21/h3-15H,16-17H2,1-2H3,(H,28,30)/b24-15-. The first kappa shape index (κ1) is 23.3. The van der Waals surface area contributed by atoms with Crippen LogP contribution < -0.4 is 10.1 Å². The Labute approximate surface area is 202 Å². The number of hydrogen-bond donors (Lipinski definition) is 1. The quantitative estimate of drug-likeness (QED) is 0.456. The molecule has 3 amide bonds. The van der Waals surface area contributed by atoms with Crippen LogP contribution in [0.25, 0.3) is 6.08 Å². The van der Waals surface area contributed by atoms with Crippen LogP contribution in [0.15, 0.2) is 77.7 Å². The van der Waals surface area contributed by atoms with Crippen LogP contribution in [-0.2, 0) is 16.1 Å². The molecule has 1 N–H and O–H groups in total. The molecule has 0 saturated carbocycles. The SMILES string of the molecule is Cc1ccc(NC(=O)COc2ccc(/C=C3\SC(=O)N(Cc4ccccc4)C3=O)cc2)cc1C. The summed E-state index contributed by atoms with van der Waals surface area (Å²) in [6.45, 7) is 4.14. The number of ether oxygens (including phenoxy) is 1. The molecule has 0 aromatic heterocycles. The maximum Gasteiger partial charge on any atom is 0.293 e. The highest BCUT2D eigenvalue weighted by atomic mass is 32.2. The van der Waals surface area contributed by atoms with Gasteiger partial charge in [-0.15, -0.1) is 0 Å². The van der Waals surface area contributed by atoms with E-state index in [1.54, 1.807) is 30.3 Å². The highest BCUT2D eigenvalue weighted by Gasteiger charge is 2.34. The third-order valence-corrected chi connectivity index (χ3v) is 6.30. The van der Waals surface area contributed by atoms with Gasteiger partial charge in [0.1, 0.15) is 5.75 Å². The Kier molecular flexibility index (Phi) is 7.13. The number of benzene rings is 3. The minimum absolute atomic E-state index is 0.120. The zero-order valence-corrected chi connectivity index (χ0v) is 19.7. The molecule has 6 nitrogen and oxygen atoms in total. The van der Waals surface area contributed by atoms with Gasteiger partial charge in [-0.3, -0.25) is 19.3 Å². The van der Waals surface area contributed by atoms with Gasteiger partial charge < -0.3 is 10.1 Å². The molecule has 0 bridgehead atoms. The van der Waals surface area contributed by atoms with Crippen molar-refractivity contribution in [1.29, 1.82) is 0 Å². The summed E-state index contributed by atoms with van der Waals surface area (Å²) < 4.78 is 5.57. The fraction of sp³-hybridized carbons (Fsp3) is 0.148. The molecule has 3 aromatic carbocycles. The van der Waals surface area contributed by atoms with Crippen molar-refractivity contribution in [2.24, 2.45) is 0 Å². The Morgan fingerprint density at radius 3 is 2.41 bits per heavy atom. The van der Waals surface area contributed by atoms with E-state index in [1.165, 1.54) is 4.90 Å². The van der Waals surface area contributed by atoms with Crippen LogP contribution in [0.4, 0.5) is 10.5 Å². The number of imide groups is 1. The highest BCUT2D eigenvalue weighted by molar-refractivity contribution is 8.18. The number of hydrogen-bond acceptors (Lipinski definition) is 5. The zero-order chi connectivity index (χ0) is 24.1. The van der Waals surface area contributed by atoms with Crippen molar-refractivity contribution in [3.05, 3.63) is 100.0 Å². The molecule has 1 fully saturated rings. The van der Waals surface area contributed by atoms with Crippen LogP contribution in [0.3, 0.4) is 0 Å². The van der Waals surface area contributed by atoms with Crippen molar-refractivity contribution in [1.82, 2.24) is 4.90 Å². The van der Waals surface area contributed by atoms with E-state index in [0.29, 0.717) is 10.7 Å². The van der Waals surface area contributed by atoms with E-state index in [1.807, 2.05) is 62.4 Å². The summed E-state index contributed by atoms with van der Waals surface area (Å²) in [5.74, 6) is -0.0221. The topological polar surface area (TPSA) is 75.7 Å². The normalized spacial score (nSPS) is 14.5. The van der Waals surface area contributed by atoms with E-state index >= 15 is 0 Å². The molecule has 0 radical (unpaired) electrons. The number of nitrogens with zero attached hydrogens (tertiary/aromatic N) is 1. The lowest BCUT2D eigenvalue weighted by molar-refractivity contribution is -0.123. The molecule has 0 aliphatic carbocycles. The minimum atomic E-state index is -0.304. The van der Waals surface area contributed by atoms with Crippen molar-refractivity contribution in [2.75, 3.05) is 11.9 Å². The lowest BCUT2D eigenvalue weighted by Crippen LogP contribution is -2.27. The van der Waals surface area contributed by atoms with Gasteiger partial charge >= 0.3 is 0 Å². The minimum Gasteiger partial charge on any atom is -0.484 e. The fourth-order valence-electron chi connectivity index (χ4n) is 3.38. The summed E-state index contributed by atoms with van der Waals surface area (Å²) in [6.07, 6.45) is 1.69. The fourth-order valence-corrected chi connectivity index (χ4v) is 4.22. The predicted molar refractivity (Wildman–Crippen MR) is 134 cm³/mol. The number of amides is 3. The van der Waals surface area contributed by atoms with Crippen LogP contribution in [0.2, 0.25) is 0 Å². The summed E-state index contributed by atoms with van der Waals surface area (Å²) >= 11 is 0.931. The van der Waals surface area contributed by atoms with Crippen LogP contribution >= 0.6 is 11.8 Å². The Balaban J connectivity index is 1.33. The summed E-state index contributed by atoms with van der Waals surface area (Å²) in [7, 11) is 0. The third kappa shape index (κ3) is 5.74. The van der Waals surface area contributed by atoms with Crippen molar-refractivity contribution in [3.63, 3.8) is 0 Å². The summed E-state index contributed by atoms with van der Waals surface area (Å²) in [4.78, 5) is 38.8. The van der Waals surface area contributed by atoms with Crippen LogP contribution in [0, 0.1) is 13.8 Å². The Morgan fingerprint density at radius 2 is 1.71 bits per heavy atom. The molecular formula is C27H24N2O4S. The molecule has 1 aliphatic rings. The molecule has 4 rings (SSSR count). The Hall–Kier alpha value is -3.84. The van der Waals surface area contributed by atoms with Gasteiger partial charge in [0, 0.05) is 5.69 Å². The molecule has 34 heavy (non-hydrogen) atoms. The highest BCUT2D eigenvalue weighted by Crippen LogP contribution is 2.33. The molecular weight excluding hydrogens is 448 g/mol. The number of nitrogens with one attached hydrogen (secondary N) is 1. The van der Waals surface area contributed by atoms with E-state index < -0.39 is 0 Å². The largest absolute Gasteiger partial charge is 0.484 e. The number of carbonyl (C=O) groups excluding carboxylic acids is 3. The number of rotatable bonds is 7. The van der Waals surface area contributed by atoms with E-state index in [2.05, 4.69) is 5.32 Å². The zero-order valence-electron chi connectivity index (χ0n) is 18.9. The van der Waals surface area contributed by atoms with E-state index in [0.717, 1.165) is 39.7 Å². The molecule has 7 heteroatoms. The van der Waals surface area contributed by atoms with Gasteiger partial charge in [-0.05, 0) is 78.2 Å². The van der Waals surface area contributed by atoms with Crippen LogP contribution in [0.5, 0.6) is 5.75 Å². The van der Waals surface area contributed by atoms with Gasteiger partial charge in [-0.2, -0.15) is 0 Å². The van der Waals surface area contributed by atoms with Crippen molar-refractivity contribution < 1.29 is 19.1 Å². The lowest BCUT2D eigenvalue weighted by atomic mass is 10.1. The predicted octanol–water partition coefficient (Wildman–Crippen LogP) is 5.56. The monoisotopic (exact) mass is 472 g/mol. The lowest BCUT2D eigenvalue weighted by Gasteiger charge is -2.12. The molecule has 3 aromatic rings. The molecule has 0 unspecified atom stereocenters. The van der Waals surface area contributed by atoms with Gasteiger partial charge in [-0.1, -0.05) is 48.5 Å². The Bertz CT molecular complexity index is 1250. The first-order valence-corrected chi connectivity index (χ1v) is 11.6. The first-order valence-electron chi connectivity index (χ1n) is 10.8. The average Bonchev–Trinajstić information content (AvgIpc) is 3.09. The smallest absolute Gasteiger partial charge is 0.293 e. The molecule has 0 atom stereocenters. The van der Waals surface area contributed by atoms with Crippen molar-refractivity contribution >= 4 is 40.6 Å². The van der Waals surface area contributed by atoms with Gasteiger partial charge in [0.25, 0.3) is 17.1 Å². The molecule has 172 valence electrons. The second kappa shape index (κ2) is 10.4. The first-order chi connectivity index (χ1) is 16.4. The molecule has 1 aliphatic heterocycles. The summed E-state index contributed by atoms with van der Waals surface area (Å²) in [6, 6.07) is 22.2. The van der Waals surface area contributed by atoms with E-state index in [4.69, 9.17) is 4.74 Å². The van der Waals surface area contributed by atoms with Crippen molar-refractivity contribution in [3.8, 4) is 5.75 Å². The van der Waals surface area contributed by atoms with Crippen LogP contribution in [0.1, 0.15) is 22.3 Å². The van der Waals surface area contributed by atoms with E-state index in [9.17, 15) is 14.4 Å². The van der Waals surface area contributed by atoms with Gasteiger partial charge in [0.15, 0.2) is 6.61 Å². The van der Waals surface area contributed by atoms with Crippen LogP contribution in [-0.4, -0.2) is 28.6 Å². The molecule has 0 spiro atoms. The van der Waals surface area contributed by atoms with Gasteiger partial charge in [-0.25, -0.2) is 0 Å². The van der Waals surface area contributed by atoms with Gasteiger partial charge in [0.2, 0.25) is 0 Å². The second-order valence-corrected chi connectivity index (χ2v) is 8.95. The molecule has 1 heterocycles. The summed E-state index contributed by atoms with van der Waals surface area (Å²) in [5.41, 5.74) is 4.65. The van der Waals surface area contributed by atoms with E-state index in [-0.39, 0.29) is 30.2 Å². The average molecular weight is 473 g/mol. The number of anilines is 1. The van der Waals surface area contributed by atoms with Gasteiger partial charge in [0.05, 0.1) is 11.4 Å². The maximum absolute atomic E-state index is 12.7. The summed E-state index contributed by atoms with van der Waals surface area (Å²) in [5, 5.41) is 2.54. The number of carbonyl (C=O) groups is 3. The Morgan fingerprint density at radius 1 is 0.971 bits per heavy atom. The number of aryl methyl sites for hydroxylation is 2. The second-order valence-electron chi connectivity index (χ2n) is 7.96. The van der Waals surface area contributed by atoms with Crippen molar-refractivity contribution in [2.45, 2.75) is 20.4 Å². The number of thioether (sulfide) groups is 1. The molecule has 1 saturated heterocycles. The third-order valence-electron chi connectivity index (χ3n) is 5.40. The maximum atomic E-state index is 12.7.